The molecule has 7 rings (SSSR count). The third-order valence-corrected chi connectivity index (χ3v) is 8.14. The molecule has 2 bridgehead atoms. The third-order valence-electron chi connectivity index (χ3n) is 7.25. The molecule has 0 amide bonds. The van der Waals surface area contributed by atoms with Crippen molar-refractivity contribution in [2.75, 3.05) is 33.9 Å². The van der Waals surface area contributed by atoms with E-state index < -0.39 is 5.72 Å². The van der Waals surface area contributed by atoms with Gasteiger partial charge in [-0.3, -0.25) is 4.90 Å². The summed E-state index contributed by atoms with van der Waals surface area (Å²) < 4.78 is 25.8. The van der Waals surface area contributed by atoms with Crippen LogP contribution in [0.25, 0.3) is 10.1 Å². The van der Waals surface area contributed by atoms with E-state index in [4.69, 9.17) is 14.3 Å². The van der Waals surface area contributed by atoms with Crippen LogP contribution in [0.15, 0.2) is 47.6 Å². The van der Waals surface area contributed by atoms with Crippen molar-refractivity contribution in [3.05, 3.63) is 58.7 Å². The molecule has 3 aromatic rings. The Balaban J connectivity index is 1.42. The van der Waals surface area contributed by atoms with E-state index in [2.05, 4.69) is 15.0 Å². The fourth-order valence-corrected chi connectivity index (χ4v) is 6.34. The maximum absolute atomic E-state index is 13.9. The first kappa shape index (κ1) is 20.7. The van der Waals surface area contributed by atoms with E-state index in [1.54, 1.807) is 20.3 Å². The molecular formula is C25H26FN3O3S. The minimum absolute atomic E-state index is 0.180. The minimum atomic E-state index is -0.508. The number of hydrogen-bond donors (Lipinski definition) is 0. The Morgan fingerprint density at radius 2 is 1.97 bits per heavy atom. The molecule has 3 saturated heterocycles. The van der Waals surface area contributed by atoms with Crippen LogP contribution in [-0.4, -0.2) is 55.2 Å². The fraction of sp³-hybridized carbons (Fsp3) is 0.400. The van der Waals surface area contributed by atoms with Crippen LogP contribution in [0.5, 0.6) is 11.5 Å². The second kappa shape index (κ2) is 7.88. The van der Waals surface area contributed by atoms with Crippen molar-refractivity contribution < 1.29 is 18.7 Å². The van der Waals surface area contributed by atoms with Crippen LogP contribution in [0, 0.1) is 11.0 Å². The fourth-order valence-electron chi connectivity index (χ4n) is 5.51. The lowest BCUT2D eigenvalue weighted by molar-refractivity contribution is -0.198. The Morgan fingerprint density at radius 1 is 1.12 bits per heavy atom. The van der Waals surface area contributed by atoms with Gasteiger partial charge in [-0.2, -0.15) is 4.39 Å². The molecule has 172 valence electrons. The van der Waals surface area contributed by atoms with Gasteiger partial charge in [-0.1, -0.05) is 17.3 Å². The molecule has 33 heavy (non-hydrogen) atoms. The molecule has 0 radical (unpaired) electrons. The highest BCUT2D eigenvalue weighted by Gasteiger charge is 2.57. The molecule has 0 aliphatic carbocycles. The highest BCUT2D eigenvalue weighted by Crippen LogP contribution is 2.46. The lowest BCUT2D eigenvalue weighted by Gasteiger charge is -2.53. The van der Waals surface area contributed by atoms with Gasteiger partial charge in [-0.05, 0) is 55.6 Å². The predicted molar refractivity (Wildman–Crippen MR) is 126 cm³/mol. The molecule has 3 fully saturated rings. The Kier molecular flexibility index (Phi) is 4.96. The summed E-state index contributed by atoms with van der Waals surface area (Å²) in [4.78, 5) is 11.1. The van der Waals surface area contributed by atoms with Crippen molar-refractivity contribution in [2.45, 2.75) is 25.1 Å². The largest absolute Gasteiger partial charge is 0.497 e. The average molecular weight is 468 g/mol. The number of piperidine rings is 3. The van der Waals surface area contributed by atoms with Crippen LogP contribution in [0.3, 0.4) is 0 Å². The first-order valence-corrected chi connectivity index (χ1v) is 12.1. The Labute approximate surface area is 196 Å². The number of hydrogen-bond acceptors (Lipinski definition) is 7. The lowest BCUT2D eigenvalue weighted by atomic mass is 9.79. The Morgan fingerprint density at radius 3 is 2.70 bits per heavy atom. The number of nitrogens with zero attached hydrogens (tertiary/aromatic N) is 3. The second-order valence-electron chi connectivity index (χ2n) is 8.97. The van der Waals surface area contributed by atoms with E-state index >= 15 is 0 Å². The van der Waals surface area contributed by atoms with E-state index in [0.717, 1.165) is 82.4 Å². The molecule has 0 unspecified atom stereocenters. The summed E-state index contributed by atoms with van der Waals surface area (Å²) in [5, 5.41) is 5.37. The molecule has 1 spiro atoms. The normalized spacial score (nSPS) is 26.0. The lowest BCUT2D eigenvalue weighted by Crippen LogP contribution is -2.66. The van der Waals surface area contributed by atoms with Crippen LogP contribution in [0.2, 0.25) is 0 Å². The summed E-state index contributed by atoms with van der Waals surface area (Å²) in [6, 6.07) is 13.5. The maximum Gasteiger partial charge on any atom is 0.227 e. The summed E-state index contributed by atoms with van der Waals surface area (Å²) in [6.07, 6.45) is 2.18. The molecular weight excluding hydrogens is 441 g/mol. The smallest absolute Gasteiger partial charge is 0.227 e. The summed E-state index contributed by atoms with van der Waals surface area (Å²) >= 11 is 1.16. The van der Waals surface area contributed by atoms with Crippen LogP contribution in [0.4, 0.5) is 4.39 Å². The first-order chi connectivity index (χ1) is 16.1. The van der Waals surface area contributed by atoms with Gasteiger partial charge in [0.05, 0.1) is 27.3 Å². The molecule has 4 aliphatic heterocycles. The van der Waals surface area contributed by atoms with Crippen molar-refractivity contribution in [1.82, 2.24) is 9.80 Å². The Hall–Kier alpha value is -2.84. The molecule has 8 heteroatoms. The van der Waals surface area contributed by atoms with Gasteiger partial charge in [0.15, 0.2) is 11.0 Å². The molecule has 4 aliphatic rings. The molecule has 2 aromatic carbocycles. The van der Waals surface area contributed by atoms with Crippen LogP contribution < -0.4 is 9.47 Å². The van der Waals surface area contributed by atoms with Gasteiger partial charge in [0, 0.05) is 27.8 Å². The number of oxime groups is 1. The van der Waals surface area contributed by atoms with Gasteiger partial charge in [0.25, 0.3) is 0 Å². The summed E-state index contributed by atoms with van der Waals surface area (Å²) in [7, 11) is 3.33. The zero-order valence-corrected chi connectivity index (χ0v) is 19.5. The molecule has 1 aromatic heterocycles. The van der Waals surface area contributed by atoms with Crippen molar-refractivity contribution in [1.29, 1.82) is 0 Å². The van der Waals surface area contributed by atoms with E-state index in [9.17, 15) is 4.39 Å². The van der Waals surface area contributed by atoms with E-state index in [0.29, 0.717) is 12.5 Å². The topological polar surface area (TPSA) is 46.5 Å². The molecule has 0 N–H and O–H groups in total. The molecule has 5 heterocycles. The van der Waals surface area contributed by atoms with Gasteiger partial charge in [0.2, 0.25) is 5.72 Å². The first-order valence-electron chi connectivity index (χ1n) is 11.3. The molecule has 1 atom stereocenters. The number of amidine groups is 1. The molecule has 6 nitrogen and oxygen atoms in total. The van der Waals surface area contributed by atoms with Gasteiger partial charge in [-0.25, -0.2) is 0 Å². The standard InChI is InChI=1S/C25H26FN3O3S/c1-30-20-6-5-18(21(13-20)31-2)14-29-24(17-4-3-16-12-23(26)33-22(16)11-17)27-32-25(29)15-28-9-7-19(25)8-10-28/h3-6,11-13,19H,7-10,14-15H2,1-2H3/t25-/m0/s1. The van der Waals surface area contributed by atoms with Gasteiger partial charge < -0.3 is 19.2 Å². The maximum atomic E-state index is 13.9. The van der Waals surface area contributed by atoms with E-state index in [1.165, 1.54) is 0 Å². The Bertz CT molecular complexity index is 1240. The number of fused-ring (bicyclic) bond motifs is 3. The van der Waals surface area contributed by atoms with Crippen LogP contribution in [-0.2, 0) is 11.4 Å². The zero-order chi connectivity index (χ0) is 22.6. The SMILES string of the molecule is COc1ccc(CN2C(c3ccc4cc(F)sc4c3)=NO[C@]23CN2CCC3CC2)c(OC)c1. The van der Waals surface area contributed by atoms with Crippen molar-refractivity contribution in [3.63, 3.8) is 0 Å². The number of rotatable bonds is 5. The quantitative estimate of drug-likeness (QED) is 0.546. The number of thiophene rings is 1. The number of halogens is 1. The number of methoxy groups -OCH3 is 2. The molecule has 0 saturated carbocycles. The summed E-state index contributed by atoms with van der Waals surface area (Å²) in [5.41, 5.74) is 1.47. The van der Waals surface area contributed by atoms with Crippen molar-refractivity contribution in [2.24, 2.45) is 11.1 Å². The van der Waals surface area contributed by atoms with E-state index in [-0.39, 0.29) is 5.13 Å². The monoisotopic (exact) mass is 467 g/mol. The summed E-state index contributed by atoms with van der Waals surface area (Å²) in [5.74, 6) is 2.71. The minimum Gasteiger partial charge on any atom is -0.497 e. The summed E-state index contributed by atoms with van der Waals surface area (Å²) in [6.45, 7) is 3.61. The van der Waals surface area contributed by atoms with Gasteiger partial charge in [-0.15, -0.1) is 11.3 Å². The zero-order valence-electron chi connectivity index (χ0n) is 18.7. The van der Waals surface area contributed by atoms with Crippen molar-refractivity contribution in [3.8, 4) is 11.5 Å². The highest BCUT2D eigenvalue weighted by atomic mass is 32.1. The number of benzene rings is 2. The third kappa shape index (κ3) is 3.35. The number of ether oxygens (including phenoxy) is 2. The van der Waals surface area contributed by atoms with Gasteiger partial charge in [0.1, 0.15) is 11.5 Å². The van der Waals surface area contributed by atoms with E-state index in [1.807, 2.05) is 36.4 Å². The average Bonchev–Trinajstić information content (AvgIpc) is 3.39. The highest BCUT2D eigenvalue weighted by molar-refractivity contribution is 7.17. The van der Waals surface area contributed by atoms with Crippen LogP contribution in [0.1, 0.15) is 24.0 Å². The predicted octanol–water partition coefficient (Wildman–Crippen LogP) is 4.67. The second-order valence-corrected chi connectivity index (χ2v) is 10.0. The van der Waals surface area contributed by atoms with Gasteiger partial charge >= 0.3 is 0 Å². The van der Waals surface area contributed by atoms with Crippen molar-refractivity contribution >= 4 is 27.3 Å². The van der Waals surface area contributed by atoms with Crippen LogP contribution >= 0.6 is 11.3 Å².